The molecule has 1 aliphatic heterocycles. The summed E-state index contributed by atoms with van der Waals surface area (Å²) in [5.41, 5.74) is 1.10. The van der Waals surface area contributed by atoms with E-state index >= 15 is 0 Å². The molecule has 2 amide bonds. The van der Waals surface area contributed by atoms with Crippen LogP contribution in [-0.4, -0.2) is 39.0 Å². The molecule has 3 atom stereocenters. The molecule has 5 nitrogen and oxygen atoms in total. The first-order valence-electron chi connectivity index (χ1n) is 11.0. The molecule has 2 aromatic carbocycles. The number of β-amino-alcohol motifs (C(OH)–C–C–N with tert-alkyl or cyclic N) is 1. The van der Waals surface area contributed by atoms with Gasteiger partial charge in [-0.15, -0.1) is 0 Å². The zero-order chi connectivity index (χ0) is 23.0. The highest BCUT2D eigenvalue weighted by atomic mass is 79.9. The number of carbonyl (C=O) groups excluding carboxylic acids is 2. The van der Waals surface area contributed by atoms with Crippen molar-refractivity contribution in [3.05, 3.63) is 45.3 Å². The van der Waals surface area contributed by atoms with E-state index in [0.29, 0.717) is 6.54 Å². The number of likely N-dealkylation sites (tertiary alicyclic amines) is 1. The molecule has 32 heavy (non-hydrogen) atoms. The number of piperidine rings is 1. The van der Waals surface area contributed by atoms with Crippen molar-refractivity contribution in [2.45, 2.75) is 46.3 Å². The Labute approximate surface area is 204 Å². The van der Waals surface area contributed by atoms with Gasteiger partial charge in [0, 0.05) is 36.7 Å². The minimum absolute atomic E-state index is 0.0219. The number of imide groups is 1. The van der Waals surface area contributed by atoms with Crippen molar-refractivity contribution in [2.24, 2.45) is 16.7 Å². The topological polar surface area (TPSA) is 62.5 Å². The maximum Gasteiger partial charge on any atom is 0.235 e. The summed E-state index contributed by atoms with van der Waals surface area (Å²) < 4.78 is 4.05. The predicted octanol–water partition coefficient (Wildman–Crippen LogP) is 5.49. The third-order valence-corrected chi connectivity index (χ3v) is 9.07. The van der Waals surface area contributed by atoms with Gasteiger partial charge >= 0.3 is 0 Å². The van der Waals surface area contributed by atoms with Crippen LogP contribution >= 0.6 is 31.9 Å². The van der Waals surface area contributed by atoms with Gasteiger partial charge in [-0.25, -0.2) is 0 Å². The summed E-state index contributed by atoms with van der Waals surface area (Å²) in [6.45, 7) is 6.36. The van der Waals surface area contributed by atoms with Crippen molar-refractivity contribution >= 4 is 65.5 Å². The fourth-order valence-electron chi connectivity index (χ4n) is 5.80. The Kier molecular flexibility index (Phi) is 5.12. The Morgan fingerprint density at radius 1 is 1.00 bits per heavy atom. The molecule has 2 bridgehead atoms. The third-order valence-electron chi connectivity index (χ3n) is 8.08. The molecule has 2 fully saturated rings. The summed E-state index contributed by atoms with van der Waals surface area (Å²) in [4.78, 5) is 27.8. The van der Waals surface area contributed by atoms with Crippen molar-refractivity contribution < 1.29 is 14.7 Å². The van der Waals surface area contributed by atoms with Gasteiger partial charge in [0.25, 0.3) is 0 Å². The number of benzene rings is 2. The van der Waals surface area contributed by atoms with Crippen LogP contribution in [-0.2, 0) is 16.1 Å². The van der Waals surface area contributed by atoms with Crippen LogP contribution in [0.25, 0.3) is 21.8 Å². The maximum absolute atomic E-state index is 13.3. The fourth-order valence-corrected chi connectivity index (χ4v) is 6.52. The summed E-state index contributed by atoms with van der Waals surface area (Å²) in [6.07, 6.45) is 0.591. The molecule has 0 radical (unpaired) electrons. The Balaban J connectivity index is 1.48. The van der Waals surface area contributed by atoms with Crippen LogP contribution < -0.4 is 0 Å². The highest BCUT2D eigenvalue weighted by Gasteiger charge is 2.64. The number of amides is 2. The van der Waals surface area contributed by atoms with Crippen LogP contribution in [0.15, 0.2) is 45.3 Å². The van der Waals surface area contributed by atoms with Crippen LogP contribution in [0.3, 0.4) is 0 Å². The van der Waals surface area contributed by atoms with Gasteiger partial charge in [-0.1, -0.05) is 52.6 Å². The molecule has 1 aromatic heterocycles. The number of aliphatic hydroxyl groups excluding tert-OH is 1. The van der Waals surface area contributed by atoms with Crippen molar-refractivity contribution in [1.29, 1.82) is 0 Å². The van der Waals surface area contributed by atoms with Crippen molar-refractivity contribution in [3.63, 3.8) is 0 Å². The van der Waals surface area contributed by atoms with Crippen LogP contribution in [0.5, 0.6) is 0 Å². The second-order valence-corrected chi connectivity index (χ2v) is 11.8. The number of fused-ring (bicyclic) bond motifs is 5. The van der Waals surface area contributed by atoms with E-state index in [1.807, 2.05) is 45.0 Å². The summed E-state index contributed by atoms with van der Waals surface area (Å²) in [5.74, 6) is -0.445. The zero-order valence-corrected chi connectivity index (χ0v) is 21.5. The summed E-state index contributed by atoms with van der Waals surface area (Å²) >= 11 is 7.11. The highest BCUT2D eigenvalue weighted by Crippen LogP contribution is 2.60. The highest BCUT2D eigenvalue weighted by molar-refractivity contribution is 9.10. The summed E-state index contributed by atoms with van der Waals surface area (Å²) in [6, 6.07) is 12.2. The number of hydrogen-bond acceptors (Lipinski definition) is 3. The lowest BCUT2D eigenvalue weighted by Crippen LogP contribution is -2.60. The lowest BCUT2D eigenvalue weighted by molar-refractivity contribution is -0.169. The number of rotatable bonds is 4. The Bertz CT molecular complexity index is 1220. The van der Waals surface area contributed by atoms with Gasteiger partial charge in [0.15, 0.2) is 0 Å². The van der Waals surface area contributed by atoms with Gasteiger partial charge in [0.05, 0.1) is 24.6 Å². The lowest BCUT2D eigenvalue weighted by atomic mass is 9.62. The van der Waals surface area contributed by atoms with Gasteiger partial charge in [0.2, 0.25) is 11.8 Å². The smallest absolute Gasteiger partial charge is 0.235 e. The normalized spacial score (nSPS) is 25.8. The van der Waals surface area contributed by atoms with Crippen molar-refractivity contribution in [3.8, 4) is 0 Å². The van der Waals surface area contributed by atoms with Crippen LogP contribution in [0.1, 0.15) is 33.6 Å². The molecule has 0 spiro atoms. The minimum Gasteiger partial charge on any atom is -0.389 e. The molecule has 1 saturated heterocycles. The van der Waals surface area contributed by atoms with Crippen LogP contribution in [0.4, 0.5) is 0 Å². The standard InChI is InChI=1S/C25H26Br2N2O3/c1-24(2)19-8-9-25(24,3)23(32)29(22(19)31)13-16(30)12-28-20-6-4-14(26)10-17(20)18-11-15(27)5-7-21(18)28/h4-7,10-11,16,19,30H,8-9,12-13H2,1-3H3. The van der Waals surface area contributed by atoms with Crippen molar-refractivity contribution in [1.82, 2.24) is 9.47 Å². The number of aliphatic hydroxyl groups is 1. The summed E-state index contributed by atoms with van der Waals surface area (Å²) in [5, 5.41) is 13.2. The fraction of sp³-hybridized carbons (Fsp3) is 0.440. The largest absolute Gasteiger partial charge is 0.389 e. The first-order valence-corrected chi connectivity index (χ1v) is 12.5. The van der Waals surface area contributed by atoms with Crippen LogP contribution in [0, 0.1) is 16.7 Å². The quantitative estimate of drug-likeness (QED) is 0.428. The molecule has 168 valence electrons. The number of carbonyl (C=O) groups is 2. The third kappa shape index (κ3) is 3.04. The van der Waals surface area contributed by atoms with Gasteiger partial charge in [0.1, 0.15) is 0 Å². The molecular weight excluding hydrogens is 536 g/mol. The van der Waals surface area contributed by atoms with E-state index in [1.54, 1.807) is 0 Å². The molecule has 2 aliphatic rings. The van der Waals surface area contributed by atoms with E-state index in [2.05, 4.69) is 48.6 Å². The summed E-state index contributed by atoms with van der Waals surface area (Å²) in [7, 11) is 0. The van der Waals surface area contributed by atoms with E-state index < -0.39 is 11.5 Å². The Hall–Kier alpha value is -1.70. The zero-order valence-electron chi connectivity index (χ0n) is 18.4. The molecule has 7 heteroatoms. The molecule has 3 unspecified atom stereocenters. The Morgan fingerprint density at radius 3 is 2.12 bits per heavy atom. The van der Waals surface area contributed by atoms with Gasteiger partial charge < -0.3 is 9.67 Å². The first kappa shape index (κ1) is 22.1. The molecule has 1 saturated carbocycles. The van der Waals surface area contributed by atoms with E-state index in [-0.39, 0.29) is 29.7 Å². The van der Waals surface area contributed by atoms with E-state index in [1.165, 1.54) is 4.90 Å². The lowest BCUT2D eigenvalue weighted by Gasteiger charge is -2.48. The van der Waals surface area contributed by atoms with E-state index in [0.717, 1.165) is 43.6 Å². The molecule has 1 aliphatic carbocycles. The second-order valence-electron chi connectivity index (χ2n) is 9.99. The second kappa shape index (κ2) is 7.40. The maximum atomic E-state index is 13.3. The van der Waals surface area contributed by atoms with Gasteiger partial charge in [-0.2, -0.15) is 0 Å². The van der Waals surface area contributed by atoms with Gasteiger partial charge in [-0.05, 0) is 54.7 Å². The van der Waals surface area contributed by atoms with E-state index in [4.69, 9.17) is 0 Å². The van der Waals surface area contributed by atoms with Gasteiger partial charge in [-0.3, -0.25) is 14.5 Å². The monoisotopic (exact) mass is 560 g/mol. The molecule has 3 aromatic rings. The first-order chi connectivity index (χ1) is 15.0. The van der Waals surface area contributed by atoms with E-state index in [9.17, 15) is 14.7 Å². The molecular formula is C25H26Br2N2O3. The number of aromatic nitrogens is 1. The molecule has 1 N–H and O–H groups in total. The molecule has 5 rings (SSSR count). The minimum atomic E-state index is -0.863. The molecule has 2 heterocycles. The number of halogens is 2. The predicted molar refractivity (Wildman–Crippen MR) is 132 cm³/mol. The average molecular weight is 562 g/mol. The number of hydrogen-bond donors (Lipinski definition) is 1. The SMILES string of the molecule is CC12CCC(C(=O)N(CC(O)Cn3c4ccc(Br)cc4c4cc(Br)ccc43)C1=O)C2(C)C. The van der Waals surface area contributed by atoms with Crippen molar-refractivity contribution in [2.75, 3.05) is 6.54 Å². The number of nitrogens with zero attached hydrogens (tertiary/aromatic N) is 2. The van der Waals surface area contributed by atoms with Crippen LogP contribution in [0.2, 0.25) is 0 Å². The average Bonchev–Trinajstić information content (AvgIpc) is 3.12. The Morgan fingerprint density at radius 2 is 1.56 bits per heavy atom.